The fourth-order valence-electron chi connectivity index (χ4n) is 0.923. The summed E-state index contributed by atoms with van der Waals surface area (Å²) in [6, 6.07) is 3.90. The quantitative estimate of drug-likeness (QED) is 0.602. The molecule has 0 aromatic heterocycles. The zero-order valence-electron chi connectivity index (χ0n) is 6.32. The summed E-state index contributed by atoms with van der Waals surface area (Å²) in [6.07, 6.45) is 0. The molecular formula is C7H6BClF3-. The summed E-state index contributed by atoms with van der Waals surface area (Å²) in [6.45, 7) is -3.43. The van der Waals surface area contributed by atoms with Crippen LogP contribution in [0.25, 0.3) is 0 Å². The van der Waals surface area contributed by atoms with Crippen molar-refractivity contribution >= 4 is 24.0 Å². The van der Waals surface area contributed by atoms with Gasteiger partial charge in [0, 0.05) is 5.02 Å². The Bertz CT molecular complexity index is 295. The molecule has 0 atom stereocenters. The van der Waals surface area contributed by atoms with E-state index in [9.17, 15) is 12.9 Å². The van der Waals surface area contributed by atoms with Gasteiger partial charge in [-0.1, -0.05) is 35.3 Å². The molecule has 1 aromatic rings. The largest absolute Gasteiger partial charge is 0.511 e. The number of aryl methyl sites for hydroxylation is 1. The van der Waals surface area contributed by atoms with Gasteiger partial charge in [-0.2, -0.15) is 0 Å². The van der Waals surface area contributed by atoms with Gasteiger partial charge in [0.15, 0.2) is 0 Å². The Balaban J connectivity index is 3.26. The van der Waals surface area contributed by atoms with E-state index in [1.54, 1.807) is 13.0 Å². The van der Waals surface area contributed by atoms with Gasteiger partial charge < -0.3 is 12.9 Å². The lowest BCUT2D eigenvalue weighted by molar-refractivity contribution is 0.501. The van der Waals surface area contributed by atoms with Crippen molar-refractivity contribution in [3.63, 3.8) is 0 Å². The Labute approximate surface area is 73.4 Å². The second kappa shape index (κ2) is 3.01. The zero-order chi connectivity index (χ0) is 9.35. The summed E-state index contributed by atoms with van der Waals surface area (Å²) in [5.41, 5.74) is -0.259. The molecule has 5 heteroatoms. The molecule has 1 rings (SSSR count). The first-order valence-corrected chi connectivity index (χ1v) is 3.75. The Hall–Kier alpha value is -0.635. The first-order valence-electron chi connectivity index (χ1n) is 3.38. The SMILES string of the molecule is Cc1cccc([B-](F)(F)F)c1Cl. The van der Waals surface area contributed by atoms with E-state index in [1.807, 2.05) is 0 Å². The molecule has 0 aliphatic heterocycles. The van der Waals surface area contributed by atoms with Crippen molar-refractivity contribution in [2.75, 3.05) is 0 Å². The van der Waals surface area contributed by atoms with E-state index < -0.39 is 12.4 Å². The van der Waals surface area contributed by atoms with Gasteiger partial charge in [-0.3, -0.25) is 0 Å². The third-order valence-corrected chi connectivity index (χ3v) is 2.09. The first-order chi connectivity index (χ1) is 5.43. The van der Waals surface area contributed by atoms with Crippen molar-refractivity contribution in [1.29, 1.82) is 0 Å². The van der Waals surface area contributed by atoms with Gasteiger partial charge >= 0.3 is 6.98 Å². The first kappa shape index (κ1) is 9.45. The number of halogens is 4. The van der Waals surface area contributed by atoms with Crippen LogP contribution in [0.2, 0.25) is 5.02 Å². The number of benzene rings is 1. The Morgan fingerprint density at radius 3 is 2.25 bits per heavy atom. The van der Waals surface area contributed by atoms with E-state index >= 15 is 0 Å². The van der Waals surface area contributed by atoms with Crippen molar-refractivity contribution in [1.82, 2.24) is 0 Å². The normalized spacial score (nSPS) is 11.8. The molecule has 0 aliphatic carbocycles. The van der Waals surface area contributed by atoms with E-state index in [4.69, 9.17) is 11.6 Å². The van der Waals surface area contributed by atoms with Gasteiger partial charge in [0.1, 0.15) is 0 Å². The van der Waals surface area contributed by atoms with Crippen LogP contribution in [-0.2, 0) is 0 Å². The molecule has 0 fully saturated rings. The highest BCUT2D eigenvalue weighted by Crippen LogP contribution is 2.18. The summed E-state index contributed by atoms with van der Waals surface area (Å²) in [7, 11) is 0. The topological polar surface area (TPSA) is 0 Å². The molecule has 0 saturated heterocycles. The van der Waals surface area contributed by atoms with E-state index in [0.29, 0.717) is 5.56 Å². The van der Waals surface area contributed by atoms with Gasteiger partial charge in [0.25, 0.3) is 0 Å². The minimum absolute atomic E-state index is 0.190. The third-order valence-electron chi connectivity index (χ3n) is 1.57. The average Bonchev–Trinajstić information content (AvgIpc) is 1.92. The van der Waals surface area contributed by atoms with Gasteiger partial charge in [-0.05, 0) is 12.5 Å². The van der Waals surface area contributed by atoms with Crippen LogP contribution in [0, 0.1) is 6.92 Å². The average molecular weight is 193 g/mol. The molecule has 0 aliphatic rings. The van der Waals surface area contributed by atoms with Gasteiger partial charge in [-0.15, -0.1) is 0 Å². The van der Waals surface area contributed by atoms with Crippen molar-refractivity contribution in [2.45, 2.75) is 6.92 Å². The molecular weight excluding hydrogens is 187 g/mol. The molecule has 0 nitrogen and oxygen atoms in total. The smallest absolute Gasteiger partial charge is 0.445 e. The molecule has 0 radical (unpaired) electrons. The molecule has 0 amide bonds. The molecule has 0 spiro atoms. The Kier molecular flexibility index (Phi) is 2.37. The summed E-state index contributed by atoms with van der Waals surface area (Å²) < 4.78 is 36.6. The van der Waals surface area contributed by atoms with Gasteiger partial charge in [0.2, 0.25) is 0 Å². The van der Waals surface area contributed by atoms with Crippen LogP contribution >= 0.6 is 11.6 Å². The van der Waals surface area contributed by atoms with Gasteiger partial charge in [0.05, 0.1) is 0 Å². The van der Waals surface area contributed by atoms with Crippen molar-refractivity contribution in [2.24, 2.45) is 0 Å². The van der Waals surface area contributed by atoms with Crippen molar-refractivity contribution < 1.29 is 12.9 Å². The van der Waals surface area contributed by atoms with Gasteiger partial charge in [-0.25, -0.2) is 0 Å². The van der Waals surface area contributed by atoms with Crippen LogP contribution in [0.3, 0.4) is 0 Å². The number of hydrogen-bond donors (Lipinski definition) is 0. The molecule has 12 heavy (non-hydrogen) atoms. The Morgan fingerprint density at radius 2 is 1.83 bits per heavy atom. The highest BCUT2D eigenvalue weighted by molar-refractivity contribution is 6.76. The molecule has 1 aromatic carbocycles. The minimum Gasteiger partial charge on any atom is -0.445 e. The summed E-state index contributed by atoms with van der Waals surface area (Å²) >= 11 is 5.47. The van der Waals surface area contributed by atoms with E-state index in [-0.39, 0.29) is 5.02 Å². The lowest BCUT2D eigenvalue weighted by Crippen LogP contribution is -2.35. The van der Waals surface area contributed by atoms with Crippen molar-refractivity contribution in [3.05, 3.63) is 28.8 Å². The predicted molar refractivity (Wildman–Crippen MR) is 44.9 cm³/mol. The summed E-state index contributed by atoms with van der Waals surface area (Å²) in [5.74, 6) is 0. The number of rotatable bonds is 1. The molecule has 0 heterocycles. The van der Waals surface area contributed by atoms with Crippen LogP contribution in [0.5, 0.6) is 0 Å². The Morgan fingerprint density at radius 1 is 1.25 bits per heavy atom. The summed E-state index contributed by atoms with van der Waals surface area (Å²) in [4.78, 5) is 0. The monoisotopic (exact) mass is 193 g/mol. The van der Waals surface area contributed by atoms with Crippen LogP contribution in [0.15, 0.2) is 18.2 Å². The van der Waals surface area contributed by atoms with Crippen LogP contribution in [0.4, 0.5) is 12.9 Å². The van der Waals surface area contributed by atoms with Crippen LogP contribution in [0.1, 0.15) is 5.56 Å². The maximum atomic E-state index is 12.2. The molecule has 0 bridgehead atoms. The fraction of sp³-hybridized carbons (Fsp3) is 0.143. The van der Waals surface area contributed by atoms with Crippen molar-refractivity contribution in [3.8, 4) is 0 Å². The lowest BCUT2D eigenvalue weighted by Gasteiger charge is -2.17. The van der Waals surface area contributed by atoms with E-state index in [0.717, 1.165) is 6.07 Å². The maximum Gasteiger partial charge on any atom is 0.511 e. The van der Waals surface area contributed by atoms with E-state index in [2.05, 4.69) is 0 Å². The standard InChI is InChI=1S/C7H6BClF3/c1-5-3-2-4-6(7(5)9)8(10,11)12/h2-4H,1H3/q-1. The zero-order valence-corrected chi connectivity index (χ0v) is 7.08. The molecule has 66 valence electrons. The fourth-order valence-corrected chi connectivity index (χ4v) is 1.17. The summed E-state index contributed by atoms with van der Waals surface area (Å²) in [5, 5.41) is -0.190. The molecule has 0 saturated carbocycles. The maximum absolute atomic E-state index is 12.2. The third kappa shape index (κ3) is 1.75. The number of hydrogen-bond acceptors (Lipinski definition) is 0. The van der Waals surface area contributed by atoms with Crippen LogP contribution in [-0.4, -0.2) is 6.98 Å². The second-order valence-electron chi connectivity index (χ2n) is 2.55. The second-order valence-corrected chi connectivity index (χ2v) is 2.93. The molecule has 0 unspecified atom stereocenters. The van der Waals surface area contributed by atoms with Crippen LogP contribution < -0.4 is 5.46 Å². The highest BCUT2D eigenvalue weighted by atomic mass is 35.5. The predicted octanol–water partition coefficient (Wildman–Crippen LogP) is 2.70. The molecule has 0 N–H and O–H groups in total. The minimum atomic E-state index is -4.98. The van der Waals surface area contributed by atoms with E-state index in [1.165, 1.54) is 6.07 Å². The lowest BCUT2D eigenvalue weighted by atomic mass is 9.79. The highest BCUT2D eigenvalue weighted by Gasteiger charge is 2.28.